The van der Waals surface area contributed by atoms with Crippen molar-refractivity contribution in [2.75, 3.05) is 6.54 Å². The van der Waals surface area contributed by atoms with E-state index >= 15 is 0 Å². The van der Waals surface area contributed by atoms with Gasteiger partial charge in [-0.15, -0.1) is 11.3 Å². The number of nitrogens with one attached hydrogen (secondary N) is 1. The fraction of sp³-hybridized carbons (Fsp3) is 0.308. The van der Waals surface area contributed by atoms with E-state index in [1.54, 1.807) is 11.3 Å². The lowest BCUT2D eigenvalue weighted by atomic mass is 10.1. The highest BCUT2D eigenvalue weighted by Gasteiger charge is 2.13. The van der Waals surface area contributed by atoms with Gasteiger partial charge in [0.1, 0.15) is 0 Å². The predicted octanol–water partition coefficient (Wildman–Crippen LogP) is 3.80. The van der Waals surface area contributed by atoms with E-state index < -0.39 is 0 Å². The maximum Gasteiger partial charge on any atom is 0.0576 e. The van der Waals surface area contributed by atoms with Crippen molar-refractivity contribution in [3.63, 3.8) is 0 Å². The summed E-state index contributed by atoms with van der Waals surface area (Å²) >= 11 is 5.28. The SMILES string of the molecule is CCNC(Cc1cc(Br)cs1)c1ccccn1. The van der Waals surface area contributed by atoms with Gasteiger partial charge in [-0.3, -0.25) is 4.98 Å². The first-order valence-electron chi connectivity index (χ1n) is 5.67. The Morgan fingerprint density at radius 2 is 2.35 bits per heavy atom. The van der Waals surface area contributed by atoms with Crippen molar-refractivity contribution < 1.29 is 0 Å². The van der Waals surface area contributed by atoms with Gasteiger partial charge in [0.05, 0.1) is 11.7 Å². The lowest BCUT2D eigenvalue weighted by molar-refractivity contribution is 0.540. The van der Waals surface area contributed by atoms with Crippen LogP contribution in [0.4, 0.5) is 0 Å². The zero-order chi connectivity index (χ0) is 12.1. The maximum atomic E-state index is 4.43. The molecule has 0 saturated heterocycles. The zero-order valence-corrected chi connectivity index (χ0v) is 12.1. The molecule has 0 bridgehead atoms. The van der Waals surface area contributed by atoms with E-state index in [0.717, 1.165) is 23.1 Å². The Kier molecular flexibility index (Phi) is 4.71. The van der Waals surface area contributed by atoms with Gasteiger partial charge in [0.25, 0.3) is 0 Å². The Morgan fingerprint density at radius 3 is 2.94 bits per heavy atom. The molecule has 0 radical (unpaired) electrons. The highest BCUT2D eigenvalue weighted by molar-refractivity contribution is 9.10. The molecule has 0 spiro atoms. The largest absolute Gasteiger partial charge is 0.309 e. The lowest BCUT2D eigenvalue weighted by Crippen LogP contribution is -2.23. The second-order valence-corrected chi connectivity index (χ2v) is 5.71. The van der Waals surface area contributed by atoms with Crippen LogP contribution >= 0.6 is 27.3 Å². The molecule has 90 valence electrons. The maximum absolute atomic E-state index is 4.43. The van der Waals surface area contributed by atoms with Crippen LogP contribution in [0.15, 0.2) is 40.3 Å². The molecule has 0 fully saturated rings. The molecule has 0 aromatic carbocycles. The molecule has 0 amide bonds. The number of thiophene rings is 1. The van der Waals surface area contributed by atoms with E-state index in [-0.39, 0.29) is 0 Å². The fourth-order valence-electron chi connectivity index (χ4n) is 1.77. The predicted molar refractivity (Wildman–Crippen MR) is 76.4 cm³/mol. The van der Waals surface area contributed by atoms with Crippen LogP contribution in [0.25, 0.3) is 0 Å². The van der Waals surface area contributed by atoms with Gasteiger partial charge < -0.3 is 5.32 Å². The topological polar surface area (TPSA) is 24.9 Å². The molecule has 0 aliphatic heterocycles. The number of aromatic nitrogens is 1. The number of halogens is 1. The molecule has 1 N–H and O–H groups in total. The third kappa shape index (κ3) is 3.63. The van der Waals surface area contributed by atoms with Crippen molar-refractivity contribution in [3.8, 4) is 0 Å². The van der Waals surface area contributed by atoms with Crippen LogP contribution in [0.1, 0.15) is 23.5 Å². The van der Waals surface area contributed by atoms with Crippen LogP contribution in [-0.2, 0) is 6.42 Å². The van der Waals surface area contributed by atoms with E-state index in [1.165, 1.54) is 4.88 Å². The van der Waals surface area contributed by atoms with Crippen LogP contribution in [-0.4, -0.2) is 11.5 Å². The Balaban J connectivity index is 2.13. The summed E-state index contributed by atoms with van der Waals surface area (Å²) in [6, 6.07) is 8.55. The minimum absolute atomic E-state index is 0.298. The first-order valence-corrected chi connectivity index (χ1v) is 7.34. The van der Waals surface area contributed by atoms with Gasteiger partial charge in [0.15, 0.2) is 0 Å². The standard InChI is InChI=1S/C13H15BrN2S/c1-2-15-13(12-5-3-4-6-16-12)8-11-7-10(14)9-17-11/h3-7,9,13,15H,2,8H2,1H3. The first kappa shape index (κ1) is 12.7. The molecule has 1 atom stereocenters. The van der Waals surface area contributed by atoms with E-state index in [1.807, 2.05) is 18.3 Å². The second kappa shape index (κ2) is 6.28. The van der Waals surface area contributed by atoms with Crippen molar-refractivity contribution in [1.82, 2.24) is 10.3 Å². The smallest absolute Gasteiger partial charge is 0.0576 e. The zero-order valence-electron chi connectivity index (χ0n) is 9.69. The number of rotatable bonds is 5. The van der Waals surface area contributed by atoms with E-state index in [4.69, 9.17) is 0 Å². The third-order valence-corrected chi connectivity index (χ3v) is 4.24. The second-order valence-electron chi connectivity index (χ2n) is 3.80. The van der Waals surface area contributed by atoms with Crippen molar-refractivity contribution in [2.45, 2.75) is 19.4 Å². The van der Waals surface area contributed by atoms with Gasteiger partial charge >= 0.3 is 0 Å². The summed E-state index contributed by atoms with van der Waals surface area (Å²) < 4.78 is 1.16. The Bertz CT molecular complexity index is 455. The molecule has 2 nitrogen and oxygen atoms in total. The number of nitrogens with zero attached hydrogens (tertiary/aromatic N) is 1. The summed E-state index contributed by atoms with van der Waals surface area (Å²) in [4.78, 5) is 5.80. The lowest BCUT2D eigenvalue weighted by Gasteiger charge is -2.16. The van der Waals surface area contributed by atoms with Crippen LogP contribution in [0.5, 0.6) is 0 Å². The van der Waals surface area contributed by atoms with Crippen molar-refractivity contribution in [1.29, 1.82) is 0 Å². The van der Waals surface area contributed by atoms with Gasteiger partial charge in [0.2, 0.25) is 0 Å². The third-order valence-electron chi connectivity index (χ3n) is 2.52. The van der Waals surface area contributed by atoms with Crippen molar-refractivity contribution >= 4 is 27.3 Å². The van der Waals surface area contributed by atoms with Crippen LogP contribution in [0.2, 0.25) is 0 Å². The Labute approximate surface area is 114 Å². The molecule has 4 heteroatoms. The molecule has 1 unspecified atom stereocenters. The molecule has 0 saturated carbocycles. The molecule has 2 rings (SSSR count). The Morgan fingerprint density at radius 1 is 1.47 bits per heavy atom. The average Bonchev–Trinajstić information content (AvgIpc) is 2.75. The summed E-state index contributed by atoms with van der Waals surface area (Å²) in [5.74, 6) is 0. The monoisotopic (exact) mass is 310 g/mol. The van der Waals surface area contributed by atoms with Crippen molar-refractivity contribution in [2.24, 2.45) is 0 Å². The summed E-state index contributed by atoms with van der Waals surface area (Å²) in [5, 5.41) is 5.61. The molecule has 0 aliphatic carbocycles. The van der Waals surface area contributed by atoms with E-state index in [9.17, 15) is 0 Å². The van der Waals surface area contributed by atoms with Crippen LogP contribution in [0.3, 0.4) is 0 Å². The normalized spacial score (nSPS) is 12.6. The number of hydrogen-bond acceptors (Lipinski definition) is 3. The number of pyridine rings is 1. The highest BCUT2D eigenvalue weighted by atomic mass is 79.9. The van der Waals surface area contributed by atoms with E-state index in [2.05, 4.69) is 50.7 Å². The summed E-state index contributed by atoms with van der Waals surface area (Å²) in [7, 11) is 0. The van der Waals surface area contributed by atoms with Gasteiger partial charge in [-0.05, 0) is 40.7 Å². The molecule has 2 heterocycles. The summed E-state index contributed by atoms with van der Waals surface area (Å²) in [5.41, 5.74) is 1.11. The quantitative estimate of drug-likeness (QED) is 0.908. The van der Waals surface area contributed by atoms with Gasteiger partial charge in [-0.1, -0.05) is 13.0 Å². The minimum Gasteiger partial charge on any atom is -0.309 e. The average molecular weight is 311 g/mol. The van der Waals surface area contributed by atoms with Gasteiger partial charge in [-0.25, -0.2) is 0 Å². The molecule has 17 heavy (non-hydrogen) atoms. The van der Waals surface area contributed by atoms with Crippen LogP contribution < -0.4 is 5.32 Å². The first-order chi connectivity index (χ1) is 8.29. The number of hydrogen-bond donors (Lipinski definition) is 1. The Hall–Kier alpha value is -0.710. The molecule has 0 aliphatic rings. The summed E-state index contributed by atoms with van der Waals surface area (Å²) in [6.45, 7) is 3.08. The molecule has 2 aromatic rings. The fourth-order valence-corrected chi connectivity index (χ4v) is 3.27. The minimum atomic E-state index is 0.298. The highest BCUT2D eigenvalue weighted by Crippen LogP contribution is 2.24. The molecular weight excluding hydrogens is 296 g/mol. The van der Waals surface area contributed by atoms with Gasteiger partial charge in [-0.2, -0.15) is 0 Å². The van der Waals surface area contributed by atoms with Gasteiger partial charge in [0, 0.05) is 27.3 Å². The molecule has 2 aromatic heterocycles. The molecular formula is C13H15BrN2S. The number of likely N-dealkylation sites (N-methyl/N-ethyl adjacent to an activating group) is 1. The summed E-state index contributed by atoms with van der Waals surface area (Å²) in [6.07, 6.45) is 2.84. The van der Waals surface area contributed by atoms with Crippen molar-refractivity contribution in [3.05, 3.63) is 50.9 Å². The van der Waals surface area contributed by atoms with E-state index in [0.29, 0.717) is 6.04 Å². The van der Waals surface area contributed by atoms with Crippen LogP contribution in [0, 0.1) is 0 Å².